The van der Waals surface area contributed by atoms with Crippen molar-refractivity contribution in [2.75, 3.05) is 9.80 Å². The minimum Gasteiger partial charge on any atom is -0.311 e. The second-order valence-corrected chi connectivity index (χ2v) is 11.7. The molecule has 0 fully saturated rings. The average Bonchev–Trinajstić information content (AvgIpc) is 3.12. The van der Waals surface area contributed by atoms with Gasteiger partial charge < -0.3 is 9.80 Å². The van der Waals surface area contributed by atoms with Crippen molar-refractivity contribution >= 4 is 34.1 Å². The molecular formula is C44H36N2. The van der Waals surface area contributed by atoms with E-state index in [1.807, 2.05) is 0 Å². The highest BCUT2D eigenvalue weighted by Crippen LogP contribution is 2.38. The molecule has 0 unspecified atom stereocenters. The van der Waals surface area contributed by atoms with Crippen LogP contribution in [0.5, 0.6) is 0 Å². The third-order valence-corrected chi connectivity index (χ3v) is 8.39. The summed E-state index contributed by atoms with van der Waals surface area (Å²) in [6.45, 7) is 4.25. The molecule has 0 aliphatic rings. The molecule has 0 aliphatic carbocycles. The molecule has 0 atom stereocenters. The van der Waals surface area contributed by atoms with E-state index in [9.17, 15) is 0 Å². The molecule has 2 nitrogen and oxygen atoms in total. The normalized spacial score (nSPS) is 10.8. The van der Waals surface area contributed by atoms with Crippen LogP contribution in [-0.2, 0) is 0 Å². The summed E-state index contributed by atoms with van der Waals surface area (Å²) in [5.41, 5.74) is 14.1. The van der Waals surface area contributed by atoms with Gasteiger partial charge >= 0.3 is 0 Å². The van der Waals surface area contributed by atoms with Crippen molar-refractivity contribution < 1.29 is 0 Å². The summed E-state index contributed by atoms with van der Waals surface area (Å²) in [5.74, 6) is 0. The lowest BCUT2D eigenvalue weighted by Crippen LogP contribution is -2.09. The van der Waals surface area contributed by atoms with Crippen LogP contribution >= 0.6 is 0 Å². The van der Waals surface area contributed by atoms with Crippen molar-refractivity contribution in [1.82, 2.24) is 0 Å². The Bertz CT molecular complexity index is 1870. The second-order valence-electron chi connectivity index (χ2n) is 11.7. The molecule has 0 radical (unpaired) electrons. The first-order valence-electron chi connectivity index (χ1n) is 15.8. The number of hydrogen-bond donors (Lipinski definition) is 0. The number of benzene rings is 7. The van der Waals surface area contributed by atoms with Crippen LogP contribution in [0.1, 0.15) is 11.1 Å². The van der Waals surface area contributed by atoms with Crippen molar-refractivity contribution in [3.63, 3.8) is 0 Å². The molecule has 0 amide bonds. The topological polar surface area (TPSA) is 6.48 Å². The van der Waals surface area contributed by atoms with Gasteiger partial charge in [0.25, 0.3) is 0 Å². The molecular weight excluding hydrogens is 556 g/mol. The molecule has 46 heavy (non-hydrogen) atoms. The van der Waals surface area contributed by atoms with E-state index in [0.29, 0.717) is 0 Å². The number of para-hydroxylation sites is 2. The molecule has 7 aromatic carbocycles. The van der Waals surface area contributed by atoms with Crippen LogP contribution < -0.4 is 9.80 Å². The van der Waals surface area contributed by atoms with Gasteiger partial charge in [-0.3, -0.25) is 0 Å². The van der Waals surface area contributed by atoms with Crippen LogP contribution in [0.2, 0.25) is 0 Å². The maximum absolute atomic E-state index is 2.30. The van der Waals surface area contributed by atoms with Crippen LogP contribution in [0.15, 0.2) is 182 Å². The molecule has 0 bridgehead atoms. The van der Waals surface area contributed by atoms with E-state index in [1.165, 1.54) is 33.4 Å². The first-order chi connectivity index (χ1) is 22.6. The third kappa shape index (κ3) is 6.20. The summed E-state index contributed by atoms with van der Waals surface area (Å²) in [7, 11) is 0. The summed E-state index contributed by atoms with van der Waals surface area (Å²) in [4.78, 5) is 4.60. The Morgan fingerprint density at radius 2 is 0.565 bits per heavy atom. The van der Waals surface area contributed by atoms with Crippen LogP contribution in [0.25, 0.3) is 22.3 Å². The minimum atomic E-state index is 1.13. The van der Waals surface area contributed by atoms with Gasteiger partial charge in [0.2, 0.25) is 0 Å². The van der Waals surface area contributed by atoms with Gasteiger partial charge in [-0.25, -0.2) is 0 Å². The zero-order chi connectivity index (χ0) is 31.3. The van der Waals surface area contributed by atoms with Crippen molar-refractivity contribution in [1.29, 1.82) is 0 Å². The summed E-state index contributed by atoms with van der Waals surface area (Å²) in [6.07, 6.45) is 0. The van der Waals surface area contributed by atoms with Gasteiger partial charge in [0.1, 0.15) is 0 Å². The maximum atomic E-state index is 2.30. The molecule has 2 heteroatoms. The predicted octanol–water partition coefficient (Wildman–Crippen LogP) is 12.6. The highest BCUT2D eigenvalue weighted by Gasteiger charge is 2.14. The Labute approximate surface area is 272 Å². The maximum Gasteiger partial charge on any atom is 0.0462 e. The first-order valence-corrected chi connectivity index (χ1v) is 15.8. The largest absolute Gasteiger partial charge is 0.311 e. The Hall–Kier alpha value is -5.86. The molecule has 0 saturated heterocycles. The molecule has 0 aliphatic heterocycles. The molecule has 222 valence electrons. The molecule has 0 N–H and O–H groups in total. The Morgan fingerprint density at radius 3 is 0.913 bits per heavy atom. The summed E-state index contributed by atoms with van der Waals surface area (Å²) >= 11 is 0. The van der Waals surface area contributed by atoms with E-state index in [1.54, 1.807) is 0 Å². The van der Waals surface area contributed by atoms with Gasteiger partial charge in [-0.15, -0.1) is 0 Å². The van der Waals surface area contributed by atoms with E-state index in [0.717, 1.165) is 34.1 Å². The van der Waals surface area contributed by atoms with Crippen LogP contribution in [0.4, 0.5) is 34.1 Å². The zero-order valence-electron chi connectivity index (χ0n) is 26.2. The second kappa shape index (κ2) is 13.0. The Kier molecular flexibility index (Phi) is 8.17. The lowest BCUT2D eigenvalue weighted by atomic mass is 9.98. The van der Waals surface area contributed by atoms with Crippen molar-refractivity contribution in [3.8, 4) is 22.3 Å². The molecule has 0 heterocycles. The fourth-order valence-corrected chi connectivity index (χ4v) is 5.92. The lowest BCUT2D eigenvalue weighted by molar-refractivity contribution is 1.27. The summed E-state index contributed by atoms with van der Waals surface area (Å²) in [5, 5.41) is 0. The van der Waals surface area contributed by atoms with Crippen molar-refractivity contribution in [3.05, 3.63) is 193 Å². The number of aryl methyl sites for hydroxylation is 2. The lowest BCUT2D eigenvalue weighted by Gasteiger charge is -2.26. The van der Waals surface area contributed by atoms with E-state index in [4.69, 9.17) is 0 Å². The average molecular weight is 593 g/mol. The predicted molar refractivity (Wildman–Crippen MR) is 196 cm³/mol. The van der Waals surface area contributed by atoms with Crippen molar-refractivity contribution in [2.45, 2.75) is 13.8 Å². The van der Waals surface area contributed by atoms with Gasteiger partial charge in [-0.2, -0.15) is 0 Å². The van der Waals surface area contributed by atoms with E-state index in [-0.39, 0.29) is 0 Å². The SMILES string of the molecule is Cc1ccc(N(c2ccccc2)c2ccc(-c3cccc(-c4ccc(N(c5ccccc5)c5ccc(C)cc5)cc4)c3)cc2)cc1. The molecule has 0 spiro atoms. The molecule has 0 aromatic heterocycles. The number of rotatable bonds is 8. The van der Waals surface area contributed by atoms with Crippen molar-refractivity contribution in [2.24, 2.45) is 0 Å². The Balaban J connectivity index is 1.17. The van der Waals surface area contributed by atoms with Gasteiger partial charge in [-0.1, -0.05) is 114 Å². The monoisotopic (exact) mass is 592 g/mol. The molecule has 7 rings (SSSR count). The van der Waals surface area contributed by atoms with Crippen LogP contribution in [-0.4, -0.2) is 0 Å². The number of nitrogens with zero attached hydrogens (tertiary/aromatic N) is 2. The van der Waals surface area contributed by atoms with Gasteiger partial charge in [0.15, 0.2) is 0 Å². The fraction of sp³-hybridized carbons (Fsp3) is 0.0455. The number of anilines is 6. The van der Waals surface area contributed by atoms with E-state index < -0.39 is 0 Å². The van der Waals surface area contributed by atoms with Gasteiger partial charge in [0.05, 0.1) is 0 Å². The van der Waals surface area contributed by atoms with Crippen LogP contribution in [0.3, 0.4) is 0 Å². The summed E-state index contributed by atoms with van der Waals surface area (Å²) in [6, 6.07) is 65.1. The standard InChI is InChI=1S/C44H36N2/c1-33-16-24-41(25-17-33)45(39-12-5-3-6-13-39)43-28-20-35(21-29-43)37-10-9-11-38(32-37)36-22-30-44(31-23-36)46(40-14-7-4-8-15-40)42-26-18-34(2)19-27-42/h3-32H,1-2H3. The van der Waals surface area contributed by atoms with E-state index in [2.05, 4.69) is 206 Å². The summed E-state index contributed by atoms with van der Waals surface area (Å²) < 4.78 is 0. The molecule has 7 aromatic rings. The fourth-order valence-electron chi connectivity index (χ4n) is 5.92. The highest BCUT2D eigenvalue weighted by molar-refractivity contribution is 5.81. The van der Waals surface area contributed by atoms with Crippen LogP contribution in [0, 0.1) is 13.8 Å². The quantitative estimate of drug-likeness (QED) is 0.173. The Morgan fingerprint density at radius 1 is 0.261 bits per heavy atom. The smallest absolute Gasteiger partial charge is 0.0462 e. The minimum absolute atomic E-state index is 1.13. The van der Waals surface area contributed by atoms with Gasteiger partial charge in [-0.05, 0) is 115 Å². The van der Waals surface area contributed by atoms with E-state index >= 15 is 0 Å². The molecule has 0 saturated carbocycles. The zero-order valence-corrected chi connectivity index (χ0v) is 26.2. The third-order valence-electron chi connectivity index (χ3n) is 8.39. The number of hydrogen-bond acceptors (Lipinski definition) is 2. The highest BCUT2D eigenvalue weighted by atomic mass is 15.1. The first kappa shape index (κ1) is 28.9. The van der Waals surface area contributed by atoms with Gasteiger partial charge in [0, 0.05) is 34.1 Å².